The standard InChI is InChI=1S/C36H72O3S3/c1-27(2)37-35-32(21-15-13-19-25-41-30(7)8)33(22-16-14-20-26-42-31(9)10)36(38-28(3)4)39-34(35)23-17-11-12-18-24-40-29(5)6/h27-36H,11-26H2,1-10H3/t32-,33?,34?,35+,36+/m1/s1. The van der Waals surface area contributed by atoms with Crippen LogP contribution < -0.4 is 0 Å². The molecule has 0 aromatic carbocycles. The smallest absolute Gasteiger partial charge is 0.161 e. The molecule has 0 bridgehead atoms. The first kappa shape index (κ1) is 41.0. The molecule has 1 aliphatic heterocycles. The van der Waals surface area contributed by atoms with Crippen molar-refractivity contribution in [3.8, 4) is 0 Å². The fourth-order valence-electron chi connectivity index (χ4n) is 6.01. The third-order valence-electron chi connectivity index (χ3n) is 7.93. The van der Waals surface area contributed by atoms with Crippen molar-refractivity contribution in [1.29, 1.82) is 0 Å². The Morgan fingerprint density at radius 3 is 1.33 bits per heavy atom. The van der Waals surface area contributed by atoms with Gasteiger partial charge in [-0.15, -0.1) is 0 Å². The van der Waals surface area contributed by atoms with E-state index < -0.39 is 0 Å². The summed E-state index contributed by atoms with van der Waals surface area (Å²) in [6.45, 7) is 22.6. The van der Waals surface area contributed by atoms with Gasteiger partial charge in [-0.2, -0.15) is 35.3 Å². The molecule has 0 aromatic heterocycles. The average Bonchev–Trinajstić information content (AvgIpc) is 2.89. The van der Waals surface area contributed by atoms with Crippen LogP contribution in [0.15, 0.2) is 0 Å². The zero-order valence-corrected chi connectivity index (χ0v) is 32.0. The van der Waals surface area contributed by atoms with E-state index in [1.54, 1.807) is 0 Å². The van der Waals surface area contributed by atoms with Gasteiger partial charge in [0.2, 0.25) is 0 Å². The first-order chi connectivity index (χ1) is 20.0. The molecule has 0 aromatic rings. The zero-order valence-electron chi connectivity index (χ0n) is 29.5. The molecule has 1 heterocycles. The molecule has 252 valence electrons. The molecule has 1 aliphatic rings. The Balaban J connectivity index is 2.95. The van der Waals surface area contributed by atoms with Gasteiger partial charge in [-0.3, -0.25) is 0 Å². The molecular formula is C36H72O3S3. The van der Waals surface area contributed by atoms with Crippen molar-refractivity contribution < 1.29 is 14.2 Å². The monoisotopic (exact) mass is 648 g/mol. The molecule has 1 rings (SSSR count). The summed E-state index contributed by atoms with van der Waals surface area (Å²) in [5.74, 6) is 4.78. The first-order valence-electron chi connectivity index (χ1n) is 17.8. The number of ether oxygens (including phenoxy) is 3. The van der Waals surface area contributed by atoms with E-state index in [9.17, 15) is 0 Å². The largest absolute Gasteiger partial charge is 0.373 e. The van der Waals surface area contributed by atoms with Crippen LogP contribution in [-0.2, 0) is 14.2 Å². The molecule has 2 unspecified atom stereocenters. The van der Waals surface area contributed by atoms with Crippen LogP contribution >= 0.6 is 35.3 Å². The number of unbranched alkanes of at least 4 members (excludes halogenated alkanes) is 7. The summed E-state index contributed by atoms with van der Waals surface area (Å²) in [6.07, 6.45) is 17.1. The quantitative estimate of drug-likeness (QED) is 0.0867. The van der Waals surface area contributed by atoms with Crippen LogP contribution in [0.25, 0.3) is 0 Å². The normalized spacial score (nSPS) is 23.4. The van der Waals surface area contributed by atoms with Gasteiger partial charge in [0, 0.05) is 5.92 Å². The Morgan fingerprint density at radius 2 is 0.881 bits per heavy atom. The van der Waals surface area contributed by atoms with Crippen LogP contribution in [0, 0.1) is 11.8 Å². The SMILES string of the molecule is CC(C)O[C@H]1OC(CCCCCCSC(C)C)[C@@H](OC(C)C)[C@H](CCCCCSC(C)C)C1CCCCCSC(C)C. The molecule has 0 saturated carbocycles. The molecular weight excluding hydrogens is 577 g/mol. The number of hydrogen-bond acceptors (Lipinski definition) is 6. The third-order valence-corrected chi connectivity index (χ3v) is 11.5. The van der Waals surface area contributed by atoms with Gasteiger partial charge in [0.25, 0.3) is 0 Å². The topological polar surface area (TPSA) is 27.7 Å². The molecule has 0 aliphatic carbocycles. The van der Waals surface area contributed by atoms with Crippen LogP contribution in [0.1, 0.15) is 153 Å². The van der Waals surface area contributed by atoms with E-state index >= 15 is 0 Å². The van der Waals surface area contributed by atoms with Crippen LogP contribution in [-0.4, -0.2) is 63.7 Å². The Bertz CT molecular complexity index is 614. The first-order valence-corrected chi connectivity index (χ1v) is 21.0. The maximum absolute atomic E-state index is 6.93. The molecule has 0 N–H and O–H groups in total. The van der Waals surface area contributed by atoms with E-state index in [-0.39, 0.29) is 30.7 Å². The van der Waals surface area contributed by atoms with Crippen LogP contribution in [0.5, 0.6) is 0 Å². The summed E-state index contributed by atoms with van der Waals surface area (Å²) in [6, 6.07) is 0. The highest BCUT2D eigenvalue weighted by atomic mass is 32.2. The summed E-state index contributed by atoms with van der Waals surface area (Å²) in [7, 11) is 0. The van der Waals surface area contributed by atoms with Gasteiger partial charge in [-0.05, 0) is 105 Å². The van der Waals surface area contributed by atoms with Gasteiger partial charge >= 0.3 is 0 Å². The third kappa shape index (κ3) is 20.1. The van der Waals surface area contributed by atoms with E-state index in [0.717, 1.165) is 22.2 Å². The fraction of sp³-hybridized carbons (Fsp3) is 1.00. The second-order valence-electron chi connectivity index (χ2n) is 13.9. The van der Waals surface area contributed by atoms with Crippen molar-refractivity contribution in [2.75, 3.05) is 17.3 Å². The van der Waals surface area contributed by atoms with Crippen LogP contribution in [0.2, 0.25) is 0 Å². The van der Waals surface area contributed by atoms with Gasteiger partial charge in [0.15, 0.2) is 6.29 Å². The van der Waals surface area contributed by atoms with Gasteiger partial charge in [-0.25, -0.2) is 0 Å². The van der Waals surface area contributed by atoms with Crippen LogP contribution in [0.4, 0.5) is 0 Å². The molecule has 0 spiro atoms. The highest BCUT2D eigenvalue weighted by Crippen LogP contribution is 2.42. The van der Waals surface area contributed by atoms with Gasteiger partial charge < -0.3 is 14.2 Å². The molecule has 3 nitrogen and oxygen atoms in total. The molecule has 6 heteroatoms. The number of hydrogen-bond donors (Lipinski definition) is 0. The Morgan fingerprint density at radius 1 is 0.476 bits per heavy atom. The van der Waals surface area contributed by atoms with Gasteiger partial charge in [0.05, 0.1) is 24.4 Å². The van der Waals surface area contributed by atoms with Gasteiger partial charge in [-0.1, -0.05) is 86.5 Å². The predicted octanol–water partition coefficient (Wildman–Crippen LogP) is 11.7. The lowest BCUT2D eigenvalue weighted by atomic mass is 9.75. The van der Waals surface area contributed by atoms with Crippen molar-refractivity contribution in [2.45, 2.75) is 199 Å². The Labute approximate surface area is 276 Å². The van der Waals surface area contributed by atoms with Crippen molar-refractivity contribution in [3.63, 3.8) is 0 Å². The summed E-state index contributed by atoms with van der Waals surface area (Å²) in [5, 5.41) is 2.20. The Kier molecular flexibility index (Phi) is 24.4. The molecule has 5 atom stereocenters. The zero-order chi connectivity index (χ0) is 31.3. The van der Waals surface area contributed by atoms with E-state index in [1.165, 1.54) is 94.3 Å². The summed E-state index contributed by atoms with van der Waals surface area (Å²) >= 11 is 6.29. The maximum atomic E-state index is 6.93. The molecule has 1 saturated heterocycles. The minimum absolute atomic E-state index is 0.101. The second kappa shape index (κ2) is 25.1. The van der Waals surface area contributed by atoms with E-state index in [4.69, 9.17) is 14.2 Å². The molecule has 0 amide bonds. The average molecular weight is 649 g/mol. The molecule has 42 heavy (non-hydrogen) atoms. The number of rotatable bonds is 26. The van der Waals surface area contributed by atoms with E-state index in [1.807, 2.05) is 0 Å². The van der Waals surface area contributed by atoms with Crippen molar-refractivity contribution in [2.24, 2.45) is 11.8 Å². The maximum Gasteiger partial charge on any atom is 0.161 e. The highest BCUT2D eigenvalue weighted by molar-refractivity contribution is 8.00. The van der Waals surface area contributed by atoms with Crippen molar-refractivity contribution in [3.05, 3.63) is 0 Å². The number of thioether (sulfide) groups is 3. The van der Waals surface area contributed by atoms with Crippen molar-refractivity contribution in [1.82, 2.24) is 0 Å². The molecule has 1 fully saturated rings. The summed E-state index contributed by atoms with van der Waals surface area (Å²) < 4.78 is 20.3. The van der Waals surface area contributed by atoms with Gasteiger partial charge in [0.1, 0.15) is 0 Å². The lowest BCUT2D eigenvalue weighted by molar-refractivity contribution is -0.292. The predicted molar refractivity (Wildman–Crippen MR) is 195 cm³/mol. The fourth-order valence-corrected chi connectivity index (χ4v) is 8.54. The minimum atomic E-state index is -0.101. The van der Waals surface area contributed by atoms with Crippen molar-refractivity contribution >= 4 is 35.3 Å². The second-order valence-corrected chi connectivity index (χ2v) is 18.9. The lowest BCUT2D eigenvalue weighted by Crippen LogP contribution is -2.54. The van der Waals surface area contributed by atoms with E-state index in [2.05, 4.69) is 105 Å². The van der Waals surface area contributed by atoms with Crippen LogP contribution in [0.3, 0.4) is 0 Å². The summed E-state index contributed by atoms with van der Waals surface area (Å²) in [5.41, 5.74) is 0. The molecule has 0 radical (unpaired) electrons. The highest BCUT2D eigenvalue weighted by Gasteiger charge is 2.46. The summed E-state index contributed by atoms with van der Waals surface area (Å²) in [4.78, 5) is 0. The Hall–Kier alpha value is 0.930. The minimum Gasteiger partial charge on any atom is -0.373 e. The lowest BCUT2D eigenvalue weighted by Gasteiger charge is -2.48. The van der Waals surface area contributed by atoms with E-state index in [0.29, 0.717) is 11.8 Å².